The van der Waals surface area contributed by atoms with Crippen LogP contribution >= 0.6 is 11.6 Å². The minimum atomic E-state index is -0.400. The van der Waals surface area contributed by atoms with E-state index in [1.165, 1.54) is 18.2 Å². The normalized spacial score (nSPS) is 11.9. The van der Waals surface area contributed by atoms with Crippen molar-refractivity contribution >= 4 is 11.6 Å². The molecule has 0 spiro atoms. The molecule has 0 radical (unpaired) electrons. The molecule has 0 bridgehead atoms. The Hall–Kier alpha value is -1.31. The first-order valence-corrected chi connectivity index (χ1v) is 5.20. The van der Waals surface area contributed by atoms with Crippen LogP contribution in [0.5, 0.6) is 5.75 Å². The maximum absolute atomic E-state index is 12.7. The van der Waals surface area contributed by atoms with E-state index >= 15 is 0 Å². The van der Waals surface area contributed by atoms with E-state index in [2.05, 4.69) is 11.4 Å². The third-order valence-electron chi connectivity index (χ3n) is 2.06. The quantitative estimate of drug-likeness (QED) is 0.862. The van der Waals surface area contributed by atoms with Crippen LogP contribution in [-0.4, -0.2) is 19.7 Å². The van der Waals surface area contributed by atoms with Crippen molar-refractivity contribution in [3.8, 4) is 11.8 Å². The number of nitriles is 1. The molecule has 1 N–H and O–H groups in total. The minimum absolute atomic E-state index is 0.234. The predicted octanol–water partition coefficient (Wildman–Crippen LogP) is 2.36. The van der Waals surface area contributed by atoms with E-state index in [-0.39, 0.29) is 11.1 Å². The predicted molar refractivity (Wildman–Crippen MR) is 60.0 cm³/mol. The number of benzene rings is 1. The molecule has 0 aliphatic carbocycles. The molecular formula is C11H12ClFN2O. The Kier molecular flexibility index (Phi) is 5.03. The van der Waals surface area contributed by atoms with Gasteiger partial charge in [0.25, 0.3) is 0 Å². The van der Waals surface area contributed by atoms with E-state index in [0.29, 0.717) is 18.8 Å². The average Bonchev–Trinajstić information content (AvgIpc) is 2.27. The summed E-state index contributed by atoms with van der Waals surface area (Å²) in [6, 6.07) is 5.77. The molecule has 1 rings (SSSR count). The van der Waals surface area contributed by atoms with Crippen LogP contribution in [0.4, 0.5) is 4.39 Å². The number of hydrogen-bond acceptors (Lipinski definition) is 3. The number of ether oxygens (including phenoxy) is 1. The van der Waals surface area contributed by atoms with Gasteiger partial charge in [-0.15, -0.1) is 0 Å². The molecule has 0 aliphatic rings. The molecule has 5 heteroatoms. The van der Waals surface area contributed by atoms with Crippen LogP contribution in [-0.2, 0) is 0 Å². The summed E-state index contributed by atoms with van der Waals surface area (Å²) in [7, 11) is 1.71. The lowest BCUT2D eigenvalue weighted by atomic mass is 10.2. The molecule has 16 heavy (non-hydrogen) atoms. The second-order valence-electron chi connectivity index (χ2n) is 3.18. The molecule has 0 saturated heterocycles. The van der Waals surface area contributed by atoms with Crippen molar-refractivity contribution in [1.82, 2.24) is 5.32 Å². The number of hydrogen-bond donors (Lipinski definition) is 1. The molecule has 1 unspecified atom stereocenters. The fourth-order valence-electron chi connectivity index (χ4n) is 1.15. The summed E-state index contributed by atoms with van der Waals surface area (Å²) >= 11 is 5.77. The van der Waals surface area contributed by atoms with Crippen molar-refractivity contribution in [2.45, 2.75) is 12.5 Å². The zero-order chi connectivity index (χ0) is 12.0. The van der Waals surface area contributed by atoms with Crippen molar-refractivity contribution in [2.75, 3.05) is 13.7 Å². The van der Waals surface area contributed by atoms with Crippen LogP contribution in [0.1, 0.15) is 6.42 Å². The summed E-state index contributed by atoms with van der Waals surface area (Å²) in [4.78, 5) is 0. The highest BCUT2D eigenvalue weighted by Gasteiger charge is 2.06. The first kappa shape index (κ1) is 12.8. The van der Waals surface area contributed by atoms with Crippen LogP contribution in [0.25, 0.3) is 0 Å². The number of rotatable bonds is 5. The lowest BCUT2D eigenvalue weighted by molar-refractivity contribution is 0.300. The van der Waals surface area contributed by atoms with Gasteiger partial charge in [0.2, 0.25) is 0 Å². The third-order valence-corrected chi connectivity index (χ3v) is 2.36. The van der Waals surface area contributed by atoms with Crippen LogP contribution in [0.3, 0.4) is 0 Å². The number of nitrogens with zero attached hydrogens (tertiary/aromatic N) is 1. The van der Waals surface area contributed by atoms with Crippen molar-refractivity contribution in [3.63, 3.8) is 0 Å². The van der Waals surface area contributed by atoms with Crippen LogP contribution in [0, 0.1) is 17.1 Å². The Morgan fingerprint density at radius 3 is 2.94 bits per heavy atom. The molecule has 1 aromatic carbocycles. The summed E-state index contributed by atoms with van der Waals surface area (Å²) in [6.07, 6.45) is 0.542. The minimum Gasteiger partial charge on any atom is -0.492 e. The SMILES string of the molecule is CNC(C#N)CCOc1ccc(F)cc1Cl. The van der Waals surface area contributed by atoms with Gasteiger partial charge in [-0.25, -0.2) is 4.39 Å². The van der Waals surface area contributed by atoms with Crippen LogP contribution < -0.4 is 10.1 Å². The van der Waals surface area contributed by atoms with Gasteiger partial charge in [0.05, 0.1) is 23.7 Å². The van der Waals surface area contributed by atoms with Gasteiger partial charge in [-0.05, 0) is 25.2 Å². The highest BCUT2D eigenvalue weighted by atomic mass is 35.5. The topological polar surface area (TPSA) is 45.0 Å². The lowest BCUT2D eigenvalue weighted by Gasteiger charge is -2.10. The standard InChI is InChI=1S/C11H12ClFN2O/c1-15-9(7-14)4-5-16-11-3-2-8(13)6-10(11)12/h2-3,6,9,15H,4-5H2,1H3. The summed E-state index contributed by atoms with van der Waals surface area (Å²) in [6.45, 7) is 0.352. The van der Waals surface area contributed by atoms with Crippen LogP contribution in [0.15, 0.2) is 18.2 Å². The Morgan fingerprint density at radius 1 is 1.62 bits per heavy atom. The molecule has 0 fully saturated rings. The van der Waals surface area contributed by atoms with Gasteiger partial charge in [-0.1, -0.05) is 11.6 Å². The molecule has 3 nitrogen and oxygen atoms in total. The van der Waals surface area contributed by atoms with Crippen molar-refractivity contribution in [1.29, 1.82) is 5.26 Å². The maximum atomic E-state index is 12.7. The first-order chi connectivity index (χ1) is 7.67. The molecule has 0 aliphatic heterocycles. The second kappa shape index (κ2) is 6.31. The van der Waals surface area contributed by atoms with E-state index in [0.717, 1.165) is 0 Å². The first-order valence-electron chi connectivity index (χ1n) is 4.82. The van der Waals surface area contributed by atoms with Gasteiger partial charge in [0.15, 0.2) is 0 Å². The largest absolute Gasteiger partial charge is 0.492 e. The highest BCUT2D eigenvalue weighted by Crippen LogP contribution is 2.24. The van der Waals surface area contributed by atoms with Gasteiger partial charge in [-0.2, -0.15) is 5.26 Å². The molecule has 0 saturated carbocycles. The van der Waals surface area contributed by atoms with E-state index in [4.69, 9.17) is 21.6 Å². The fourth-order valence-corrected chi connectivity index (χ4v) is 1.37. The molecule has 86 valence electrons. The molecule has 1 atom stereocenters. The van der Waals surface area contributed by atoms with Crippen molar-refractivity contribution in [2.24, 2.45) is 0 Å². The molecule has 0 heterocycles. The molecular weight excluding hydrogens is 231 g/mol. The summed E-state index contributed by atoms with van der Waals surface area (Å²) in [5.74, 6) is 0.0262. The maximum Gasteiger partial charge on any atom is 0.138 e. The number of nitrogens with one attached hydrogen (secondary N) is 1. The lowest BCUT2D eigenvalue weighted by Crippen LogP contribution is -2.25. The highest BCUT2D eigenvalue weighted by molar-refractivity contribution is 6.32. The summed E-state index contributed by atoms with van der Waals surface area (Å²) < 4.78 is 18.1. The fraction of sp³-hybridized carbons (Fsp3) is 0.364. The monoisotopic (exact) mass is 242 g/mol. The molecule has 1 aromatic rings. The van der Waals surface area contributed by atoms with E-state index in [9.17, 15) is 4.39 Å². The Labute approximate surface area is 98.8 Å². The Bertz CT molecular complexity index is 392. The van der Waals surface area contributed by atoms with E-state index in [1.807, 2.05) is 0 Å². The smallest absolute Gasteiger partial charge is 0.138 e. The van der Waals surface area contributed by atoms with Crippen molar-refractivity contribution < 1.29 is 9.13 Å². The number of halogens is 2. The van der Waals surface area contributed by atoms with E-state index in [1.54, 1.807) is 7.05 Å². The van der Waals surface area contributed by atoms with Gasteiger partial charge < -0.3 is 10.1 Å². The third kappa shape index (κ3) is 3.69. The van der Waals surface area contributed by atoms with Gasteiger partial charge in [0, 0.05) is 6.42 Å². The summed E-state index contributed by atoms with van der Waals surface area (Å²) in [5, 5.41) is 11.7. The zero-order valence-corrected chi connectivity index (χ0v) is 9.59. The average molecular weight is 243 g/mol. The summed E-state index contributed by atoms with van der Waals surface area (Å²) in [5.41, 5.74) is 0. The van der Waals surface area contributed by atoms with Crippen LogP contribution in [0.2, 0.25) is 5.02 Å². The van der Waals surface area contributed by atoms with E-state index < -0.39 is 5.82 Å². The Balaban J connectivity index is 2.46. The molecule has 0 amide bonds. The second-order valence-corrected chi connectivity index (χ2v) is 3.59. The Morgan fingerprint density at radius 2 is 2.38 bits per heavy atom. The van der Waals surface area contributed by atoms with Gasteiger partial charge in [0.1, 0.15) is 11.6 Å². The van der Waals surface area contributed by atoms with Crippen molar-refractivity contribution in [3.05, 3.63) is 29.0 Å². The van der Waals surface area contributed by atoms with Gasteiger partial charge in [-0.3, -0.25) is 0 Å². The molecule has 0 aromatic heterocycles. The zero-order valence-electron chi connectivity index (χ0n) is 8.84. The van der Waals surface area contributed by atoms with Gasteiger partial charge >= 0.3 is 0 Å².